The van der Waals surface area contributed by atoms with Crippen LogP contribution in [-0.2, 0) is 62.0 Å². The number of ketones is 1. The maximum atomic E-state index is 15.8. The van der Waals surface area contributed by atoms with Gasteiger partial charge < -0.3 is 60.1 Å². The van der Waals surface area contributed by atoms with Crippen LogP contribution in [0.2, 0.25) is 0 Å². The Hall–Kier alpha value is -7.33. The number of hydrogen-bond donors (Lipinski definition) is 6. The number of aliphatic hydroxyl groups is 2. The lowest BCUT2D eigenvalue weighted by Gasteiger charge is -2.67. The summed E-state index contributed by atoms with van der Waals surface area (Å²) in [6, 6.07) is 20.3. The number of carbonyl (C=O) groups is 9. The Morgan fingerprint density at radius 2 is 1.43 bits per heavy atom. The van der Waals surface area contributed by atoms with Crippen LogP contribution in [0, 0.1) is 16.7 Å². The molecule has 1 aliphatic heterocycles. The van der Waals surface area contributed by atoms with Crippen molar-refractivity contribution < 1.29 is 86.9 Å². The number of aliphatic carboxylic acids is 1. The number of hydrogen-bond acceptors (Lipinski definition) is 18. The Labute approximate surface area is 444 Å². The van der Waals surface area contributed by atoms with Crippen molar-refractivity contribution in [3.8, 4) is 0 Å². The van der Waals surface area contributed by atoms with Crippen LogP contribution >= 0.6 is 0 Å². The van der Waals surface area contributed by atoms with Crippen molar-refractivity contribution in [3.05, 3.63) is 119 Å². The monoisotopic (exact) mass is 1070 g/mol. The maximum absolute atomic E-state index is 15.8. The summed E-state index contributed by atoms with van der Waals surface area (Å²) in [6.07, 6.45) is -12.4. The largest absolute Gasteiger partial charge is 0.480 e. The molecule has 3 aliphatic carbocycles. The zero-order valence-electron chi connectivity index (χ0n) is 43.6. The van der Waals surface area contributed by atoms with Gasteiger partial charge in [-0.15, -0.1) is 0 Å². The highest BCUT2D eigenvalue weighted by atomic mass is 16.6. The first-order valence-corrected chi connectivity index (χ1v) is 25.3. The zero-order valence-corrected chi connectivity index (χ0v) is 43.6. The van der Waals surface area contributed by atoms with Crippen molar-refractivity contribution in [2.45, 2.75) is 140 Å². The van der Waals surface area contributed by atoms with Gasteiger partial charge in [-0.3, -0.25) is 28.8 Å². The molecule has 12 atom stereocenters. The topological polar surface area (TPSA) is 320 Å². The molecular weight excluding hydrogens is 1000 g/mol. The Balaban J connectivity index is 1.38. The molecular formula is C56H65N3O18. The summed E-state index contributed by atoms with van der Waals surface area (Å²) in [7, 11) is 0. The average Bonchev–Trinajstić information content (AvgIpc) is 3.58. The smallest absolute Gasteiger partial charge is 0.350 e. The normalized spacial score (nSPS) is 28.1. The molecule has 3 fully saturated rings. The van der Waals surface area contributed by atoms with Gasteiger partial charge in [0.05, 0.1) is 29.6 Å². The highest BCUT2D eigenvalue weighted by Crippen LogP contribution is 2.64. The van der Waals surface area contributed by atoms with E-state index in [0.717, 1.165) is 13.8 Å². The van der Waals surface area contributed by atoms with Crippen LogP contribution in [0.1, 0.15) is 112 Å². The van der Waals surface area contributed by atoms with E-state index in [4.69, 9.17) is 34.2 Å². The summed E-state index contributed by atoms with van der Waals surface area (Å²) >= 11 is 0. The summed E-state index contributed by atoms with van der Waals surface area (Å²) in [4.78, 5) is 125. The van der Waals surface area contributed by atoms with Gasteiger partial charge in [-0.05, 0) is 74.2 Å². The molecule has 2 unspecified atom stereocenters. The minimum Gasteiger partial charge on any atom is -0.480 e. The average molecular weight is 1070 g/mol. The third-order valence-corrected chi connectivity index (χ3v) is 15.6. The third-order valence-electron chi connectivity index (χ3n) is 15.6. The van der Waals surface area contributed by atoms with E-state index in [1.54, 1.807) is 54.6 Å². The van der Waals surface area contributed by atoms with E-state index in [1.165, 1.54) is 64.1 Å². The Morgan fingerprint density at radius 1 is 0.818 bits per heavy atom. The number of nitrogens with two attached hydrogens (primary N) is 1. The second-order valence-corrected chi connectivity index (χ2v) is 20.7. The van der Waals surface area contributed by atoms with Crippen LogP contribution < -0.4 is 16.4 Å². The predicted octanol–water partition coefficient (Wildman–Crippen LogP) is 3.38. The summed E-state index contributed by atoms with van der Waals surface area (Å²) < 4.78 is 36.7. The Morgan fingerprint density at radius 3 is 1.99 bits per heavy atom. The number of benzene rings is 3. The molecule has 21 heteroatoms. The van der Waals surface area contributed by atoms with Gasteiger partial charge in [-0.25, -0.2) is 14.4 Å². The van der Waals surface area contributed by atoms with E-state index >= 15 is 9.59 Å². The number of fused-ring (bicyclic) bond motifs is 5. The van der Waals surface area contributed by atoms with Crippen LogP contribution in [0.5, 0.6) is 0 Å². The fourth-order valence-electron chi connectivity index (χ4n) is 11.5. The number of carbonyl (C=O) groups excluding carboxylic acids is 8. The number of ether oxygens (including phenoxy) is 6. The molecule has 0 spiro atoms. The van der Waals surface area contributed by atoms with Gasteiger partial charge in [0.15, 0.2) is 17.5 Å². The molecule has 2 saturated carbocycles. The van der Waals surface area contributed by atoms with Gasteiger partial charge in [0.25, 0.3) is 5.91 Å². The molecule has 0 radical (unpaired) electrons. The van der Waals surface area contributed by atoms with E-state index in [9.17, 15) is 48.9 Å². The predicted molar refractivity (Wildman–Crippen MR) is 269 cm³/mol. The zero-order chi connectivity index (χ0) is 56.2. The lowest BCUT2D eigenvalue weighted by molar-refractivity contribution is -0.346. The van der Waals surface area contributed by atoms with Crippen molar-refractivity contribution in [1.82, 2.24) is 10.6 Å². The van der Waals surface area contributed by atoms with Crippen molar-refractivity contribution in [2.75, 3.05) is 13.2 Å². The number of aliphatic hydroxyl groups excluding tert-OH is 1. The van der Waals surface area contributed by atoms with Gasteiger partial charge in [0, 0.05) is 50.5 Å². The molecule has 7 N–H and O–H groups in total. The lowest BCUT2D eigenvalue weighted by Crippen LogP contribution is -2.82. The van der Waals surface area contributed by atoms with Crippen LogP contribution in [0.3, 0.4) is 0 Å². The first-order chi connectivity index (χ1) is 36.4. The maximum Gasteiger partial charge on any atom is 0.350 e. The number of amides is 2. The van der Waals surface area contributed by atoms with Crippen molar-refractivity contribution >= 4 is 53.4 Å². The summed E-state index contributed by atoms with van der Waals surface area (Å²) in [5, 5.41) is 41.3. The van der Waals surface area contributed by atoms with E-state index < -0.39 is 149 Å². The minimum atomic E-state index is -2.54. The van der Waals surface area contributed by atoms with Crippen molar-refractivity contribution in [1.29, 1.82) is 0 Å². The number of carboxylic acids is 1. The molecule has 3 aromatic carbocycles. The van der Waals surface area contributed by atoms with E-state index in [2.05, 4.69) is 10.6 Å². The molecule has 7 rings (SSSR count). The molecule has 3 aromatic rings. The molecule has 2 amide bonds. The molecule has 412 valence electrons. The molecule has 0 aromatic heterocycles. The summed E-state index contributed by atoms with van der Waals surface area (Å²) in [6.45, 7) is 7.76. The highest BCUT2D eigenvalue weighted by molar-refractivity contribution is 5.96. The molecule has 1 saturated heterocycles. The van der Waals surface area contributed by atoms with Crippen LogP contribution in [0.25, 0.3) is 0 Å². The SMILES string of the molecule is CC(=O)O[C@H]1C(=O)[C@@]2(C)[C@H]([C@H](OC(=O)c3ccccc3)[C@]3(O)CC(OC(=O)[C@H](OC(=O)CCC(NC(=O)CCCN)C(=O)O)[C@@H](NC(=O)c4ccccc4)c4ccccc4)C(C)=C1C3(C)C)[C@]1(OC(C)=O)CO[C@@H]1C[C@@H]2O. The van der Waals surface area contributed by atoms with Crippen LogP contribution in [0.4, 0.5) is 0 Å². The first-order valence-electron chi connectivity index (χ1n) is 25.3. The van der Waals surface area contributed by atoms with Crippen molar-refractivity contribution in [2.24, 2.45) is 22.5 Å². The Bertz CT molecular complexity index is 2790. The lowest BCUT2D eigenvalue weighted by atomic mass is 9.44. The van der Waals surface area contributed by atoms with E-state index in [0.29, 0.717) is 0 Å². The third kappa shape index (κ3) is 11.3. The number of rotatable bonds is 19. The molecule has 21 nitrogen and oxygen atoms in total. The molecule has 2 bridgehead atoms. The summed E-state index contributed by atoms with van der Waals surface area (Å²) in [5.41, 5.74) is -2.54. The van der Waals surface area contributed by atoms with Crippen LogP contribution in [-0.4, -0.2) is 136 Å². The fraction of sp³-hybridized carbons (Fsp3) is 0.482. The second kappa shape index (κ2) is 23.1. The van der Waals surface area contributed by atoms with Gasteiger partial charge in [0.1, 0.15) is 36.0 Å². The summed E-state index contributed by atoms with van der Waals surface area (Å²) in [5.74, 6) is -10.7. The fourth-order valence-corrected chi connectivity index (χ4v) is 11.5. The van der Waals surface area contributed by atoms with E-state index in [-0.39, 0.29) is 60.3 Å². The highest BCUT2D eigenvalue weighted by Gasteiger charge is 2.78. The Kier molecular flexibility index (Phi) is 17.2. The number of nitrogens with one attached hydrogen (secondary N) is 2. The van der Waals surface area contributed by atoms with Gasteiger partial charge in [-0.1, -0.05) is 80.6 Å². The van der Waals surface area contributed by atoms with Crippen LogP contribution in [0.15, 0.2) is 102 Å². The number of Topliss-reactive ketones (excluding diaryl/α,β-unsaturated/α-hetero) is 1. The molecule has 4 aliphatic rings. The number of carboxylic acid groups (broad SMARTS) is 1. The molecule has 1 heterocycles. The quantitative estimate of drug-likeness (QED) is 0.0569. The molecule has 77 heavy (non-hydrogen) atoms. The van der Waals surface area contributed by atoms with Gasteiger partial charge in [-0.2, -0.15) is 0 Å². The van der Waals surface area contributed by atoms with Crippen molar-refractivity contribution in [3.63, 3.8) is 0 Å². The first kappa shape index (κ1) is 57.4. The van der Waals surface area contributed by atoms with Gasteiger partial charge >= 0.3 is 35.8 Å². The van der Waals surface area contributed by atoms with Gasteiger partial charge in [0.2, 0.25) is 12.0 Å². The minimum absolute atomic E-state index is 0.00429. The number of esters is 5. The van der Waals surface area contributed by atoms with E-state index in [1.807, 2.05) is 0 Å². The second-order valence-electron chi connectivity index (χ2n) is 20.7. The standard InChI is InChI=1S/C56H65N3O18/c1-30-37(74-52(70)45(75-41(64)25-24-36(50(67)68)58-40(63)23-16-26-57)43(33-17-10-7-11-18-33)59-49(66)34-19-12-8-13-20-34)28-56(71)48(76-51(69)35-21-14-9-15-22-35)46-54(6,38(62)27-39-55(46,29-72-39)77-32(3)61)47(65)44(73-31(2)60)42(30)53(56,4)5/h7-15,17-22,36-39,43-46,48,62,71H,16,23-29,57H2,1-6H3,(H,58,63)(H,59,66)(H,67,68)/t36?,37?,38-,39+,43-,44+,45+,46-,48-,54+,55-,56+/m0/s1.